The lowest BCUT2D eigenvalue weighted by molar-refractivity contribution is 0.554. The van der Waals surface area contributed by atoms with Gasteiger partial charge in [-0.3, -0.25) is 0 Å². The molecule has 0 fully saturated rings. The fourth-order valence-corrected chi connectivity index (χ4v) is 2.72. The smallest absolute Gasteiger partial charge is 0.127 e. The summed E-state index contributed by atoms with van der Waals surface area (Å²) in [6.07, 6.45) is 0.516. The molecule has 0 amide bonds. The van der Waals surface area contributed by atoms with Crippen LogP contribution in [0.4, 0.5) is 4.39 Å². The molecule has 0 radical (unpaired) electrons. The molecular weight excluding hydrogens is 296 g/mol. The molecule has 1 atom stereocenters. The highest BCUT2D eigenvalue weighted by atomic mass is 35.5. The van der Waals surface area contributed by atoms with E-state index >= 15 is 0 Å². The highest BCUT2D eigenvalue weighted by molar-refractivity contribution is 6.31. The van der Waals surface area contributed by atoms with Crippen LogP contribution in [0.1, 0.15) is 22.7 Å². The number of aryl methyl sites for hydroxylation is 1. The quantitative estimate of drug-likeness (QED) is 0.843. The highest BCUT2D eigenvalue weighted by Crippen LogP contribution is 2.28. The maximum Gasteiger partial charge on any atom is 0.127 e. The van der Waals surface area contributed by atoms with Crippen LogP contribution in [0.15, 0.2) is 36.4 Å². The Morgan fingerprint density at radius 1 is 1.15 bits per heavy atom. The van der Waals surface area contributed by atoms with E-state index in [4.69, 9.17) is 23.2 Å². The Bertz CT molecular complexity index is 613. The predicted octanol–water partition coefficient (Wildman–Crippen LogP) is 4.94. The summed E-state index contributed by atoms with van der Waals surface area (Å²) in [6, 6.07) is 10.6. The third-order valence-corrected chi connectivity index (χ3v) is 3.88. The van der Waals surface area contributed by atoms with Gasteiger partial charge in [0.25, 0.3) is 0 Å². The first-order valence-corrected chi connectivity index (χ1v) is 7.14. The van der Waals surface area contributed by atoms with Crippen LogP contribution in [0.25, 0.3) is 0 Å². The second-order valence-electron chi connectivity index (χ2n) is 4.81. The van der Waals surface area contributed by atoms with Gasteiger partial charge < -0.3 is 5.32 Å². The average molecular weight is 312 g/mol. The second kappa shape index (κ2) is 6.57. The standard InChI is InChI=1S/C16H16Cl2FN/c1-10-3-6-13(14(18)7-10)16(20-2)8-11-4-5-12(17)9-15(11)19/h3-7,9,16,20H,8H2,1-2H3. The molecule has 0 saturated carbocycles. The summed E-state index contributed by atoms with van der Waals surface area (Å²) in [5.41, 5.74) is 2.69. The van der Waals surface area contributed by atoms with Gasteiger partial charge in [-0.15, -0.1) is 0 Å². The van der Waals surface area contributed by atoms with E-state index in [1.807, 2.05) is 32.2 Å². The zero-order valence-corrected chi connectivity index (χ0v) is 12.9. The van der Waals surface area contributed by atoms with E-state index in [1.54, 1.807) is 12.1 Å². The average Bonchev–Trinajstić information content (AvgIpc) is 2.39. The summed E-state index contributed by atoms with van der Waals surface area (Å²) in [4.78, 5) is 0. The van der Waals surface area contributed by atoms with Crippen LogP contribution in [0, 0.1) is 12.7 Å². The van der Waals surface area contributed by atoms with Gasteiger partial charge in [0.05, 0.1) is 0 Å². The van der Waals surface area contributed by atoms with Gasteiger partial charge in [-0.2, -0.15) is 0 Å². The SMILES string of the molecule is CNC(Cc1ccc(Cl)cc1F)c1ccc(C)cc1Cl. The largest absolute Gasteiger partial charge is 0.313 e. The van der Waals surface area contributed by atoms with E-state index in [0.717, 1.165) is 11.1 Å². The fraction of sp³-hybridized carbons (Fsp3) is 0.250. The zero-order chi connectivity index (χ0) is 14.7. The van der Waals surface area contributed by atoms with Gasteiger partial charge in [0.2, 0.25) is 0 Å². The number of likely N-dealkylation sites (N-methyl/N-ethyl adjacent to an activating group) is 1. The minimum Gasteiger partial charge on any atom is -0.313 e. The third-order valence-electron chi connectivity index (χ3n) is 3.32. The highest BCUT2D eigenvalue weighted by Gasteiger charge is 2.15. The van der Waals surface area contributed by atoms with Crippen molar-refractivity contribution in [3.8, 4) is 0 Å². The van der Waals surface area contributed by atoms with Crippen LogP contribution >= 0.6 is 23.2 Å². The molecule has 2 aromatic rings. The van der Waals surface area contributed by atoms with Crippen molar-refractivity contribution >= 4 is 23.2 Å². The lowest BCUT2D eigenvalue weighted by Crippen LogP contribution is -2.19. The zero-order valence-electron chi connectivity index (χ0n) is 11.4. The van der Waals surface area contributed by atoms with Crippen LogP contribution in [0.3, 0.4) is 0 Å². The number of rotatable bonds is 4. The molecule has 106 valence electrons. The Morgan fingerprint density at radius 2 is 1.90 bits per heavy atom. The van der Waals surface area contributed by atoms with Crippen molar-refractivity contribution in [1.29, 1.82) is 0 Å². The summed E-state index contributed by atoms with van der Waals surface area (Å²) in [7, 11) is 1.84. The van der Waals surface area contributed by atoms with Crippen molar-refractivity contribution < 1.29 is 4.39 Å². The van der Waals surface area contributed by atoms with Crippen LogP contribution in [-0.2, 0) is 6.42 Å². The monoisotopic (exact) mass is 311 g/mol. The van der Waals surface area contributed by atoms with E-state index in [1.165, 1.54) is 6.07 Å². The van der Waals surface area contributed by atoms with E-state index in [9.17, 15) is 4.39 Å². The maximum absolute atomic E-state index is 13.9. The molecule has 0 saturated heterocycles. The minimum atomic E-state index is -0.291. The molecule has 1 nitrogen and oxygen atoms in total. The molecule has 0 heterocycles. The molecule has 0 bridgehead atoms. The number of nitrogens with one attached hydrogen (secondary N) is 1. The summed E-state index contributed by atoms with van der Waals surface area (Å²) in [5, 5.41) is 4.28. The first kappa shape index (κ1) is 15.3. The third kappa shape index (κ3) is 3.51. The summed E-state index contributed by atoms with van der Waals surface area (Å²) < 4.78 is 13.9. The van der Waals surface area contributed by atoms with Gasteiger partial charge >= 0.3 is 0 Å². The Labute approximate surface area is 128 Å². The lowest BCUT2D eigenvalue weighted by Gasteiger charge is -2.19. The summed E-state index contributed by atoms with van der Waals surface area (Å²) >= 11 is 12.0. The molecule has 2 rings (SSSR count). The van der Waals surface area contributed by atoms with Crippen molar-refractivity contribution in [3.63, 3.8) is 0 Å². The van der Waals surface area contributed by atoms with E-state index in [0.29, 0.717) is 22.0 Å². The number of halogens is 3. The van der Waals surface area contributed by atoms with Gasteiger partial charge in [0.15, 0.2) is 0 Å². The van der Waals surface area contributed by atoms with Crippen LogP contribution < -0.4 is 5.32 Å². The molecular formula is C16H16Cl2FN. The van der Waals surface area contributed by atoms with Gasteiger partial charge in [0.1, 0.15) is 5.82 Å². The lowest BCUT2D eigenvalue weighted by atomic mass is 9.98. The predicted molar refractivity (Wildman–Crippen MR) is 83.1 cm³/mol. The molecule has 0 aromatic heterocycles. The van der Waals surface area contributed by atoms with Crippen molar-refractivity contribution in [1.82, 2.24) is 5.32 Å². The minimum absolute atomic E-state index is 0.0428. The Hall–Kier alpha value is -1.09. The van der Waals surface area contributed by atoms with Gasteiger partial charge in [-0.25, -0.2) is 4.39 Å². The Kier molecular flexibility index (Phi) is 5.03. The molecule has 0 aliphatic carbocycles. The van der Waals surface area contributed by atoms with Crippen molar-refractivity contribution in [3.05, 3.63) is 69.0 Å². The van der Waals surface area contributed by atoms with Gasteiger partial charge in [0, 0.05) is 16.1 Å². The summed E-state index contributed by atoms with van der Waals surface area (Å²) in [5.74, 6) is -0.291. The van der Waals surface area contributed by atoms with Crippen molar-refractivity contribution in [2.75, 3.05) is 7.05 Å². The van der Waals surface area contributed by atoms with Gasteiger partial charge in [-0.1, -0.05) is 41.4 Å². The fourth-order valence-electron chi connectivity index (χ4n) is 2.19. The van der Waals surface area contributed by atoms with Crippen molar-refractivity contribution in [2.45, 2.75) is 19.4 Å². The number of benzene rings is 2. The summed E-state index contributed by atoms with van der Waals surface area (Å²) in [6.45, 7) is 1.99. The second-order valence-corrected chi connectivity index (χ2v) is 5.65. The van der Waals surface area contributed by atoms with E-state index < -0.39 is 0 Å². The molecule has 2 aromatic carbocycles. The van der Waals surface area contributed by atoms with Crippen molar-refractivity contribution in [2.24, 2.45) is 0 Å². The Balaban J connectivity index is 2.28. The first-order chi connectivity index (χ1) is 9.51. The first-order valence-electron chi connectivity index (χ1n) is 6.38. The van der Waals surface area contributed by atoms with Crippen LogP contribution in [0.2, 0.25) is 10.0 Å². The molecule has 1 unspecified atom stereocenters. The molecule has 4 heteroatoms. The number of hydrogen-bond donors (Lipinski definition) is 1. The van der Waals surface area contributed by atoms with E-state index in [2.05, 4.69) is 5.32 Å². The Morgan fingerprint density at radius 3 is 2.50 bits per heavy atom. The van der Waals surface area contributed by atoms with Crippen LogP contribution in [0.5, 0.6) is 0 Å². The maximum atomic E-state index is 13.9. The topological polar surface area (TPSA) is 12.0 Å². The number of hydrogen-bond acceptors (Lipinski definition) is 1. The molecule has 20 heavy (non-hydrogen) atoms. The van der Waals surface area contributed by atoms with E-state index in [-0.39, 0.29) is 11.9 Å². The van der Waals surface area contributed by atoms with Gasteiger partial charge in [-0.05, 0) is 55.3 Å². The molecule has 0 aliphatic heterocycles. The van der Waals surface area contributed by atoms with Crippen LogP contribution in [-0.4, -0.2) is 7.05 Å². The molecule has 0 spiro atoms. The normalized spacial score (nSPS) is 12.4. The molecule has 1 N–H and O–H groups in total. The molecule has 0 aliphatic rings.